The molecule has 0 saturated carbocycles. The maximum Gasteiger partial charge on any atom is 0.195 e. The summed E-state index contributed by atoms with van der Waals surface area (Å²) < 4.78 is 1.91. The number of nitrogens with zero attached hydrogens (tertiary/aromatic N) is 3. The van der Waals surface area contributed by atoms with Crippen LogP contribution in [-0.4, -0.2) is 20.8 Å². The van der Waals surface area contributed by atoms with Crippen LogP contribution in [-0.2, 0) is 13.5 Å². The molecule has 2 N–H and O–H groups in total. The lowest BCUT2D eigenvalue weighted by Gasteiger charge is -2.10. The van der Waals surface area contributed by atoms with Gasteiger partial charge in [0.1, 0.15) is 6.33 Å². The minimum Gasteiger partial charge on any atom is -0.328 e. The minimum absolute atomic E-state index is 0.163. The number of hydrogen-bond donors (Lipinski definition) is 1. The molecule has 0 amide bonds. The molecule has 2 aromatic rings. The lowest BCUT2D eigenvalue weighted by molar-refractivity contribution is 0.728. The Kier molecular flexibility index (Phi) is 3.81. The molecule has 5 heteroatoms. The van der Waals surface area contributed by atoms with Crippen molar-refractivity contribution in [1.82, 2.24) is 14.8 Å². The topological polar surface area (TPSA) is 56.7 Å². The summed E-state index contributed by atoms with van der Waals surface area (Å²) in [6, 6.07) is 8.44. The summed E-state index contributed by atoms with van der Waals surface area (Å²) in [5.74, 6) is 0. The summed E-state index contributed by atoms with van der Waals surface area (Å²) in [6.07, 6.45) is 2.58. The Hall–Kier alpha value is -1.33. The normalized spacial score (nSPS) is 12.6. The highest BCUT2D eigenvalue weighted by atomic mass is 32.2. The first-order valence-corrected chi connectivity index (χ1v) is 6.34. The van der Waals surface area contributed by atoms with Crippen molar-refractivity contribution in [3.05, 3.63) is 36.2 Å². The maximum absolute atomic E-state index is 5.85. The number of aryl methyl sites for hydroxylation is 1. The molecule has 2 rings (SSSR count). The van der Waals surface area contributed by atoms with Crippen LogP contribution in [0.3, 0.4) is 0 Å². The van der Waals surface area contributed by atoms with Crippen LogP contribution in [0.4, 0.5) is 0 Å². The van der Waals surface area contributed by atoms with Crippen LogP contribution in [0.15, 0.2) is 40.6 Å². The van der Waals surface area contributed by atoms with E-state index in [1.807, 2.05) is 30.7 Å². The third-order valence-corrected chi connectivity index (χ3v) is 3.56. The molecule has 90 valence electrons. The molecule has 0 aliphatic carbocycles. The van der Waals surface area contributed by atoms with Crippen molar-refractivity contribution in [2.45, 2.75) is 29.4 Å². The second-order valence-corrected chi connectivity index (χ2v) is 5.12. The van der Waals surface area contributed by atoms with E-state index in [9.17, 15) is 0 Å². The second-order valence-electron chi connectivity index (χ2n) is 4.12. The Morgan fingerprint density at radius 2 is 2.18 bits per heavy atom. The molecular formula is C12H16N4S. The fourth-order valence-corrected chi connectivity index (χ4v) is 2.49. The fourth-order valence-electron chi connectivity index (χ4n) is 1.58. The lowest BCUT2D eigenvalue weighted by Crippen LogP contribution is -2.18. The number of hydrogen-bond acceptors (Lipinski definition) is 4. The molecule has 1 unspecified atom stereocenters. The molecule has 1 atom stereocenters. The van der Waals surface area contributed by atoms with E-state index in [4.69, 9.17) is 5.73 Å². The molecule has 0 aliphatic heterocycles. The van der Waals surface area contributed by atoms with Crippen molar-refractivity contribution in [2.75, 3.05) is 0 Å². The van der Waals surface area contributed by atoms with Crippen molar-refractivity contribution >= 4 is 11.8 Å². The number of nitrogens with two attached hydrogens (primary N) is 1. The molecular weight excluding hydrogens is 232 g/mol. The number of rotatable bonds is 4. The third-order valence-electron chi connectivity index (χ3n) is 2.39. The van der Waals surface area contributed by atoms with Crippen LogP contribution in [0.2, 0.25) is 0 Å². The van der Waals surface area contributed by atoms with Crippen molar-refractivity contribution in [3.8, 4) is 0 Å². The molecule has 1 aromatic carbocycles. The van der Waals surface area contributed by atoms with Gasteiger partial charge in [0.25, 0.3) is 0 Å². The van der Waals surface area contributed by atoms with Crippen LogP contribution in [0.1, 0.15) is 12.5 Å². The van der Waals surface area contributed by atoms with E-state index in [2.05, 4.69) is 22.3 Å². The number of benzene rings is 1. The lowest BCUT2D eigenvalue weighted by atomic mass is 10.1. The predicted molar refractivity (Wildman–Crippen MR) is 68.9 cm³/mol. The Morgan fingerprint density at radius 3 is 2.82 bits per heavy atom. The molecule has 0 aliphatic rings. The molecule has 17 heavy (non-hydrogen) atoms. The minimum atomic E-state index is 0.163. The van der Waals surface area contributed by atoms with Gasteiger partial charge in [-0.15, -0.1) is 10.2 Å². The smallest absolute Gasteiger partial charge is 0.195 e. The molecule has 0 bridgehead atoms. The van der Waals surface area contributed by atoms with Gasteiger partial charge in [-0.1, -0.05) is 18.2 Å². The zero-order valence-electron chi connectivity index (χ0n) is 10.00. The van der Waals surface area contributed by atoms with Crippen molar-refractivity contribution in [3.63, 3.8) is 0 Å². The Morgan fingerprint density at radius 1 is 1.41 bits per heavy atom. The second kappa shape index (κ2) is 5.33. The zero-order chi connectivity index (χ0) is 12.3. The third kappa shape index (κ3) is 3.08. The summed E-state index contributed by atoms with van der Waals surface area (Å²) in [5.41, 5.74) is 7.11. The Bertz CT molecular complexity index is 493. The predicted octanol–water partition coefficient (Wildman–Crippen LogP) is 1.86. The Balaban J connectivity index is 2.23. The summed E-state index contributed by atoms with van der Waals surface area (Å²) in [7, 11) is 1.94. The first-order valence-electron chi connectivity index (χ1n) is 5.52. The van der Waals surface area contributed by atoms with Gasteiger partial charge < -0.3 is 10.3 Å². The highest BCUT2D eigenvalue weighted by molar-refractivity contribution is 7.99. The van der Waals surface area contributed by atoms with Gasteiger partial charge in [0.2, 0.25) is 0 Å². The molecule has 0 fully saturated rings. The summed E-state index contributed by atoms with van der Waals surface area (Å²) >= 11 is 1.62. The molecule has 1 heterocycles. The Labute approximate surface area is 105 Å². The average Bonchev–Trinajstić information content (AvgIpc) is 2.67. The van der Waals surface area contributed by atoms with Crippen LogP contribution in [0.25, 0.3) is 0 Å². The SMILES string of the molecule is CC(N)Cc1ccccc1Sc1nncn1C. The molecule has 0 radical (unpaired) electrons. The largest absolute Gasteiger partial charge is 0.328 e. The molecule has 0 spiro atoms. The van der Waals surface area contributed by atoms with Gasteiger partial charge in [-0.05, 0) is 36.7 Å². The van der Waals surface area contributed by atoms with E-state index in [1.165, 1.54) is 10.5 Å². The van der Waals surface area contributed by atoms with E-state index in [0.29, 0.717) is 0 Å². The van der Waals surface area contributed by atoms with Crippen molar-refractivity contribution in [1.29, 1.82) is 0 Å². The van der Waals surface area contributed by atoms with Crippen molar-refractivity contribution in [2.24, 2.45) is 12.8 Å². The standard InChI is InChI=1S/C12H16N4S/c1-9(13)7-10-5-3-4-6-11(10)17-12-15-14-8-16(12)2/h3-6,8-9H,7,13H2,1-2H3. The summed E-state index contributed by atoms with van der Waals surface area (Å²) in [4.78, 5) is 1.20. The first-order chi connectivity index (χ1) is 8.16. The molecule has 1 aromatic heterocycles. The van der Waals surface area contributed by atoms with Gasteiger partial charge in [-0.2, -0.15) is 0 Å². The van der Waals surface area contributed by atoms with Gasteiger partial charge >= 0.3 is 0 Å². The van der Waals surface area contributed by atoms with E-state index >= 15 is 0 Å². The monoisotopic (exact) mass is 248 g/mol. The fraction of sp³-hybridized carbons (Fsp3) is 0.333. The highest BCUT2D eigenvalue weighted by Crippen LogP contribution is 2.28. The van der Waals surface area contributed by atoms with Crippen LogP contribution < -0.4 is 5.73 Å². The van der Waals surface area contributed by atoms with Gasteiger partial charge in [0.05, 0.1) is 0 Å². The van der Waals surface area contributed by atoms with Crippen molar-refractivity contribution < 1.29 is 0 Å². The van der Waals surface area contributed by atoms with Crippen LogP contribution in [0.5, 0.6) is 0 Å². The molecule has 0 saturated heterocycles. The highest BCUT2D eigenvalue weighted by Gasteiger charge is 2.08. The maximum atomic E-state index is 5.85. The quantitative estimate of drug-likeness (QED) is 0.897. The summed E-state index contributed by atoms with van der Waals surface area (Å²) in [6.45, 7) is 2.02. The van der Waals surface area contributed by atoms with Crippen LogP contribution in [0, 0.1) is 0 Å². The van der Waals surface area contributed by atoms with Gasteiger partial charge in [0, 0.05) is 18.0 Å². The molecule has 4 nitrogen and oxygen atoms in total. The number of aromatic nitrogens is 3. The van der Waals surface area contributed by atoms with E-state index < -0.39 is 0 Å². The van der Waals surface area contributed by atoms with E-state index in [0.717, 1.165) is 11.6 Å². The van der Waals surface area contributed by atoms with E-state index in [1.54, 1.807) is 18.1 Å². The average molecular weight is 248 g/mol. The zero-order valence-corrected chi connectivity index (χ0v) is 10.8. The van der Waals surface area contributed by atoms with Gasteiger partial charge in [-0.3, -0.25) is 0 Å². The summed E-state index contributed by atoms with van der Waals surface area (Å²) in [5, 5.41) is 8.84. The van der Waals surface area contributed by atoms with Gasteiger partial charge in [-0.25, -0.2) is 0 Å². The van der Waals surface area contributed by atoms with E-state index in [-0.39, 0.29) is 6.04 Å². The first kappa shape index (κ1) is 12.1. The van der Waals surface area contributed by atoms with Gasteiger partial charge in [0.15, 0.2) is 5.16 Å². The van der Waals surface area contributed by atoms with Crippen LogP contribution >= 0.6 is 11.8 Å².